The Labute approximate surface area is 155 Å². The summed E-state index contributed by atoms with van der Waals surface area (Å²) in [5.74, 6) is -1.44. The third-order valence-electron chi connectivity index (χ3n) is 4.90. The van der Waals surface area contributed by atoms with E-state index in [-0.39, 0.29) is 0 Å². The molecule has 0 aromatic carbocycles. The number of hydrogen-bond donors (Lipinski definition) is 1. The third kappa shape index (κ3) is 16.2. The number of hydrogen-bond acceptors (Lipinski definition) is 2. The van der Waals surface area contributed by atoms with Gasteiger partial charge in [-0.15, -0.1) is 0 Å². The van der Waals surface area contributed by atoms with Crippen molar-refractivity contribution < 1.29 is 9.59 Å². The molecule has 0 fully saturated rings. The third-order valence-corrected chi connectivity index (χ3v) is 4.90. The number of unbranched alkanes of at least 4 members (excludes halogenated alkanes) is 15. The van der Waals surface area contributed by atoms with Crippen LogP contribution in [0.3, 0.4) is 0 Å². The Morgan fingerprint density at radius 2 is 0.960 bits per heavy atom. The van der Waals surface area contributed by atoms with Crippen molar-refractivity contribution in [2.75, 3.05) is 13.6 Å². The molecule has 0 atom stereocenters. The van der Waals surface area contributed by atoms with Crippen molar-refractivity contribution in [3.05, 3.63) is 0 Å². The topological polar surface area (TPSA) is 63.4 Å². The second kappa shape index (κ2) is 17.8. The van der Waals surface area contributed by atoms with Crippen LogP contribution in [0.25, 0.3) is 0 Å². The summed E-state index contributed by atoms with van der Waals surface area (Å²) in [6.45, 7) is 2.90. The van der Waals surface area contributed by atoms with Crippen LogP contribution < -0.4 is 5.73 Å². The van der Waals surface area contributed by atoms with E-state index in [1.54, 1.807) is 7.05 Å². The van der Waals surface area contributed by atoms with E-state index in [4.69, 9.17) is 5.73 Å². The monoisotopic (exact) mass is 354 g/mol. The minimum absolute atomic E-state index is 0.582. The molecule has 0 saturated heterocycles. The van der Waals surface area contributed by atoms with Crippen molar-refractivity contribution in [1.29, 1.82) is 0 Å². The highest BCUT2D eigenvalue weighted by Gasteiger charge is 2.13. The highest BCUT2D eigenvalue weighted by Crippen LogP contribution is 2.13. The summed E-state index contributed by atoms with van der Waals surface area (Å²) >= 11 is 0. The summed E-state index contributed by atoms with van der Waals surface area (Å²) in [6, 6.07) is 0. The lowest BCUT2D eigenvalue weighted by molar-refractivity contribution is -0.143. The molecule has 0 aliphatic rings. The van der Waals surface area contributed by atoms with Gasteiger partial charge in [0, 0.05) is 13.6 Å². The van der Waals surface area contributed by atoms with Gasteiger partial charge in [0.05, 0.1) is 0 Å². The first kappa shape index (κ1) is 23.9. The van der Waals surface area contributed by atoms with Crippen LogP contribution in [0, 0.1) is 0 Å². The first-order valence-electron chi connectivity index (χ1n) is 10.6. The SMILES string of the molecule is CCCCCCCCCCCCCCCCCCN(C)C(=O)C(N)=O. The molecule has 0 unspecified atom stereocenters. The fraction of sp³-hybridized carbons (Fsp3) is 0.905. The van der Waals surface area contributed by atoms with Gasteiger partial charge in [0.1, 0.15) is 0 Å². The number of nitrogens with zero attached hydrogens (tertiary/aromatic N) is 1. The number of nitrogens with two attached hydrogens (primary N) is 1. The van der Waals surface area contributed by atoms with Crippen molar-refractivity contribution >= 4 is 11.8 Å². The van der Waals surface area contributed by atoms with E-state index in [0.29, 0.717) is 6.54 Å². The van der Waals surface area contributed by atoms with Crippen LogP contribution in [0.1, 0.15) is 110 Å². The van der Waals surface area contributed by atoms with Crippen LogP contribution >= 0.6 is 0 Å². The molecule has 2 N–H and O–H groups in total. The van der Waals surface area contributed by atoms with E-state index in [2.05, 4.69) is 6.92 Å². The van der Waals surface area contributed by atoms with Gasteiger partial charge in [-0.05, 0) is 6.42 Å². The fourth-order valence-electron chi connectivity index (χ4n) is 3.19. The van der Waals surface area contributed by atoms with Gasteiger partial charge in [0.2, 0.25) is 0 Å². The molecule has 0 heterocycles. The maximum Gasteiger partial charge on any atom is 0.311 e. The molecule has 2 amide bonds. The minimum atomic E-state index is -0.862. The fourth-order valence-corrected chi connectivity index (χ4v) is 3.19. The summed E-state index contributed by atoms with van der Waals surface area (Å²) in [6.07, 6.45) is 21.3. The predicted molar refractivity (Wildman–Crippen MR) is 106 cm³/mol. The van der Waals surface area contributed by atoms with E-state index in [1.807, 2.05) is 0 Å². The zero-order valence-corrected chi connectivity index (χ0v) is 16.9. The minimum Gasteiger partial charge on any atom is -0.361 e. The van der Waals surface area contributed by atoms with E-state index in [9.17, 15) is 9.59 Å². The average Bonchev–Trinajstić information content (AvgIpc) is 2.60. The predicted octanol–water partition coefficient (Wildman–Crippen LogP) is 5.19. The normalized spacial score (nSPS) is 10.8. The van der Waals surface area contributed by atoms with E-state index < -0.39 is 11.8 Å². The standard InChI is InChI=1S/C21H42N2O2/c1-3-4-5-6-7-8-9-10-11-12-13-14-15-16-17-18-19-23(2)21(25)20(22)24/h3-19H2,1-2H3,(H2,22,24). The first-order chi connectivity index (χ1) is 12.1. The van der Waals surface area contributed by atoms with Crippen molar-refractivity contribution in [2.24, 2.45) is 5.73 Å². The highest BCUT2D eigenvalue weighted by molar-refractivity contribution is 6.34. The Morgan fingerprint density at radius 1 is 0.640 bits per heavy atom. The van der Waals surface area contributed by atoms with Gasteiger partial charge in [-0.25, -0.2) is 0 Å². The Morgan fingerprint density at radius 3 is 1.28 bits per heavy atom. The van der Waals surface area contributed by atoms with Gasteiger partial charge in [0.25, 0.3) is 0 Å². The Balaban J connectivity index is 3.17. The quantitative estimate of drug-likeness (QED) is 0.288. The number of primary amides is 1. The lowest BCUT2D eigenvalue weighted by Gasteiger charge is -2.14. The molecule has 0 bridgehead atoms. The summed E-state index contributed by atoms with van der Waals surface area (Å²) in [5, 5.41) is 0. The van der Waals surface area contributed by atoms with Gasteiger partial charge < -0.3 is 10.6 Å². The lowest BCUT2D eigenvalue weighted by Crippen LogP contribution is -2.38. The zero-order chi connectivity index (χ0) is 18.8. The molecule has 0 aromatic heterocycles. The van der Waals surface area contributed by atoms with Gasteiger partial charge in [0.15, 0.2) is 0 Å². The maximum atomic E-state index is 11.3. The van der Waals surface area contributed by atoms with E-state index in [1.165, 1.54) is 94.8 Å². The Bertz CT molecular complexity index is 332. The van der Waals surface area contributed by atoms with Crippen LogP contribution in [0.5, 0.6) is 0 Å². The molecular weight excluding hydrogens is 312 g/mol. The van der Waals surface area contributed by atoms with Crippen molar-refractivity contribution in [3.8, 4) is 0 Å². The number of amides is 2. The van der Waals surface area contributed by atoms with Crippen LogP contribution in [0.15, 0.2) is 0 Å². The van der Waals surface area contributed by atoms with Crippen LogP contribution in [-0.2, 0) is 9.59 Å². The summed E-state index contributed by atoms with van der Waals surface area (Å²) < 4.78 is 0. The number of carbonyl (C=O) groups is 2. The van der Waals surface area contributed by atoms with Crippen LogP contribution in [-0.4, -0.2) is 30.3 Å². The lowest BCUT2D eigenvalue weighted by atomic mass is 10.0. The Kier molecular flexibility index (Phi) is 17.0. The summed E-state index contributed by atoms with van der Waals surface area (Å²) in [4.78, 5) is 23.5. The largest absolute Gasteiger partial charge is 0.361 e. The van der Waals surface area contributed by atoms with Gasteiger partial charge in [-0.1, -0.05) is 103 Å². The molecule has 148 valence electrons. The molecule has 4 heteroatoms. The highest BCUT2D eigenvalue weighted by atomic mass is 16.2. The van der Waals surface area contributed by atoms with Gasteiger partial charge in [-0.3, -0.25) is 9.59 Å². The molecule has 0 radical (unpaired) electrons. The second-order valence-corrected chi connectivity index (χ2v) is 7.39. The molecule has 0 aromatic rings. The van der Waals surface area contributed by atoms with Crippen molar-refractivity contribution in [1.82, 2.24) is 4.90 Å². The van der Waals surface area contributed by atoms with Crippen molar-refractivity contribution in [3.63, 3.8) is 0 Å². The van der Waals surface area contributed by atoms with Gasteiger partial charge >= 0.3 is 11.8 Å². The molecular formula is C21H42N2O2. The van der Waals surface area contributed by atoms with Gasteiger partial charge in [-0.2, -0.15) is 0 Å². The zero-order valence-electron chi connectivity index (χ0n) is 16.9. The maximum absolute atomic E-state index is 11.3. The van der Waals surface area contributed by atoms with Crippen LogP contribution in [0.4, 0.5) is 0 Å². The molecule has 4 nitrogen and oxygen atoms in total. The second-order valence-electron chi connectivity index (χ2n) is 7.39. The van der Waals surface area contributed by atoms with E-state index >= 15 is 0 Å². The molecule has 0 rings (SSSR count). The average molecular weight is 355 g/mol. The van der Waals surface area contributed by atoms with E-state index in [0.717, 1.165) is 12.8 Å². The molecule has 0 saturated carbocycles. The molecule has 0 aliphatic heterocycles. The summed E-state index contributed by atoms with van der Waals surface area (Å²) in [7, 11) is 1.64. The molecule has 0 aliphatic carbocycles. The molecule has 0 spiro atoms. The Hall–Kier alpha value is -1.06. The number of likely N-dealkylation sites (N-methyl/N-ethyl adjacent to an activating group) is 1. The first-order valence-corrected chi connectivity index (χ1v) is 10.6. The number of carbonyl (C=O) groups excluding carboxylic acids is 2. The van der Waals surface area contributed by atoms with Crippen molar-refractivity contribution in [2.45, 2.75) is 110 Å². The molecule has 25 heavy (non-hydrogen) atoms. The van der Waals surface area contributed by atoms with Crippen LogP contribution in [0.2, 0.25) is 0 Å². The smallest absolute Gasteiger partial charge is 0.311 e. The number of rotatable bonds is 17. The summed E-state index contributed by atoms with van der Waals surface area (Å²) in [5.41, 5.74) is 4.97.